The van der Waals surface area contributed by atoms with E-state index in [1.807, 2.05) is 32.8 Å². The first-order valence-electron chi connectivity index (χ1n) is 4.41. The van der Waals surface area contributed by atoms with Gasteiger partial charge in [0.05, 0.1) is 6.54 Å². The Labute approximate surface area is 75.6 Å². The maximum atomic E-state index is 9.75. The van der Waals surface area contributed by atoms with Gasteiger partial charge in [-0.1, -0.05) is 25.7 Å². The van der Waals surface area contributed by atoms with Gasteiger partial charge in [0, 0.05) is 0 Å². The first-order valence-corrected chi connectivity index (χ1v) is 4.41. The predicted molar refractivity (Wildman–Crippen MR) is 51.9 cm³/mol. The van der Waals surface area contributed by atoms with Crippen LogP contribution in [0.2, 0.25) is 0 Å². The molecule has 0 heterocycles. The van der Waals surface area contributed by atoms with Crippen molar-refractivity contribution < 1.29 is 5.11 Å². The van der Waals surface area contributed by atoms with Crippen LogP contribution in [0.4, 0.5) is 0 Å². The molecule has 0 spiro atoms. The fourth-order valence-electron chi connectivity index (χ4n) is 0.789. The molecule has 2 nitrogen and oxygen atoms in total. The van der Waals surface area contributed by atoms with Crippen LogP contribution in [0, 0.1) is 11.8 Å². The molecule has 12 heavy (non-hydrogen) atoms. The van der Waals surface area contributed by atoms with Gasteiger partial charge in [-0.15, -0.1) is 0 Å². The van der Waals surface area contributed by atoms with Crippen LogP contribution in [0.5, 0.6) is 0 Å². The zero-order chi connectivity index (χ0) is 9.61. The van der Waals surface area contributed by atoms with Crippen molar-refractivity contribution in [1.82, 2.24) is 4.90 Å². The van der Waals surface area contributed by atoms with Gasteiger partial charge in [-0.3, -0.25) is 4.90 Å². The van der Waals surface area contributed by atoms with Crippen LogP contribution in [0.25, 0.3) is 0 Å². The Morgan fingerprint density at radius 1 is 1.25 bits per heavy atom. The zero-order valence-corrected chi connectivity index (χ0v) is 8.52. The van der Waals surface area contributed by atoms with Crippen molar-refractivity contribution in [3.63, 3.8) is 0 Å². The molecule has 0 aliphatic carbocycles. The molecule has 0 aliphatic heterocycles. The summed E-state index contributed by atoms with van der Waals surface area (Å²) in [6.45, 7) is 4.62. The molecule has 0 aliphatic rings. The van der Waals surface area contributed by atoms with Crippen LogP contribution < -0.4 is 0 Å². The van der Waals surface area contributed by atoms with E-state index in [0.29, 0.717) is 19.4 Å². The summed E-state index contributed by atoms with van der Waals surface area (Å²) in [5.41, 5.74) is -0.768. The Morgan fingerprint density at radius 3 is 2.08 bits per heavy atom. The van der Waals surface area contributed by atoms with E-state index >= 15 is 0 Å². The van der Waals surface area contributed by atoms with E-state index < -0.39 is 5.60 Å². The molecule has 70 valence electrons. The van der Waals surface area contributed by atoms with Crippen molar-refractivity contribution in [1.29, 1.82) is 0 Å². The highest BCUT2D eigenvalue weighted by Crippen LogP contribution is 2.12. The lowest BCUT2D eigenvalue weighted by Gasteiger charge is -2.17. The van der Waals surface area contributed by atoms with Crippen molar-refractivity contribution >= 4 is 0 Å². The van der Waals surface area contributed by atoms with E-state index in [9.17, 15) is 5.11 Å². The van der Waals surface area contributed by atoms with E-state index in [-0.39, 0.29) is 0 Å². The smallest absolute Gasteiger partial charge is 0.125 e. The molecule has 0 bridgehead atoms. The second-order valence-electron chi connectivity index (χ2n) is 3.28. The van der Waals surface area contributed by atoms with E-state index in [2.05, 4.69) is 11.8 Å². The summed E-state index contributed by atoms with van der Waals surface area (Å²) >= 11 is 0. The van der Waals surface area contributed by atoms with Crippen LogP contribution >= 0.6 is 0 Å². The topological polar surface area (TPSA) is 23.5 Å². The highest BCUT2D eigenvalue weighted by molar-refractivity contribution is 5.13. The standard InChI is InChI=1S/C10H19NO/c1-5-10(12,6-2)8-7-9-11(3)4/h12H,5-6,9H2,1-4H3. The molecule has 0 aromatic heterocycles. The molecule has 2 heteroatoms. The van der Waals surface area contributed by atoms with Crippen LogP contribution in [-0.2, 0) is 0 Å². The summed E-state index contributed by atoms with van der Waals surface area (Å²) in [4.78, 5) is 1.98. The first kappa shape index (κ1) is 11.5. The van der Waals surface area contributed by atoms with Crippen LogP contribution in [0.3, 0.4) is 0 Å². The second kappa shape index (κ2) is 5.18. The minimum Gasteiger partial charge on any atom is -0.378 e. The van der Waals surface area contributed by atoms with Gasteiger partial charge in [0.25, 0.3) is 0 Å². The molecule has 0 amide bonds. The number of rotatable bonds is 3. The van der Waals surface area contributed by atoms with Crippen LogP contribution in [-0.4, -0.2) is 36.2 Å². The van der Waals surface area contributed by atoms with Gasteiger partial charge in [-0.05, 0) is 26.9 Å². The molecule has 0 saturated carbocycles. The molecule has 0 fully saturated rings. The summed E-state index contributed by atoms with van der Waals surface area (Å²) in [6.07, 6.45) is 1.40. The summed E-state index contributed by atoms with van der Waals surface area (Å²) in [5.74, 6) is 5.84. The Bertz CT molecular complexity index is 172. The van der Waals surface area contributed by atoms with Crippen LogP contribution in [0.1, 0.15) is 26.7 Å². The normalized spacial score (nSPS) is 11.2. The highest BCUT2D eigenvalue weighted by atomic mass is 16.3. The average molecular weight is 169 g/mol. The van der Waals surface area contributed by atoms with Crippen molar-refractivity contribution in [2.45, 2.75) is 32.3 Å². The Hall–Kier alpha value is -0.520. The average Bonchev–Trinajstić information content (AvgIpc) is 2.03. The fourth-order valence-corrected chi connectivity index (χ4v) is 0.789. The second-order valence-corrected chi connectivity index (χ2v) is 3.28. The minimum absolute atomic E-state index is 0.698. The summed E-state index contributed by atoms with van der Waals surface area (Å²) < 4.78 is 0. The monoisotopic (exact) mass is 169 g/mol. The lowest BCUT2D eigenvalue weighted by atomic mass is 9.99. The largest absolute Gasteiger partial charge is 0.378 e. The number of aliphatic hydroxyl groups is 1. The van der Waals surface area contributed by atoms with Gasteiger partial charge in [0.15, 0.2) is 0 Å². The zero-order valence-electron chi connectivity index (χ0n) is 8.52. The Kier molecular flexibility index (Phi) is 4.96. The molecule has 0 rings (SSSR count). The van der Waals surface area contributed by atoms with Gasteiger partial charge in [0.1, 0.15) is 5.60 Å². The van der Waals surface area contributed by atoms with Crippen molar-refractivity contribution in [3.05, 3.63) is 0 Å². The molecule has 0 atom stereocenters. The molecule has 1 N–H and O–H groups in total. The first-order chi connectivity index (χ1) is 5.54. The van der Waals surface area contributed by atoms with E-state index in [1.165, 1.54) is 0 Å². The molecular formula is C10H19NO. The number of nitrogens with zero attached hydrogens (tertiary/aromatic N) is 1. The molecule has 0 saturated heterocycles. The predicted octanol–water partition coefficient (Wildman–Crippen LogP) is 1.10. The maximum Gasteiger partial charge on any atom is 0.125 e. The lowest BCUT2D eigenvalue weighted by molar-refractivity contribution is 0.0929. The third-order valence-corrected chi connectivity index (χ3v) is 1.89. The SMILES string of the molecule is CCC(O)(C#CCN(C)C)CC. The van der Waals surface area contributed by atoms with Gasteiger partial charge in [0.2, 0.25) is 0 Å². The van der Waals surface area contributed by atoms with E-state index in [1.54, 1.807) is 0 Å². The van der Waals surface area contributed by atoms with Gasteiger partial charge < -0.3 is 5.11 Å². The maximum absolute atomic E-state index is 9.75. The molecule has 0 radical (unpaired) electrons. The minimum atomic E-state index is -0.768. The summed E-state index contributed by atoms with van der Waals surface area (Å²) in [5, 5.41) is 9.75. The van der Waals surface area contributed by atoms with E-state index in [4.69, 9.17) is 0 Å². The van der Waals surface area contributed by atoms with Gasteiger partial charge in [-0.25, -0.2) is 0 Å². The van der Waals surface area contributed by atoms with Gasteiger partial charge >= 0.3 is 0 Å². The molecule has 0 aromatic rings. The van der Waals surface area contributed by atoms with Crippen molar-refractivity contribution in [2.24, 2.45) is 0 Å². The lowest BCUT2D eigenvalue weighted by Crippen LogP contribution is -2.24. The quantitative estimate of drug-likeness (QED) is 0.640. The third-order valence-electron chi connectivity index (χ3n) is 1.89. The fraction of sp³-hybridized carbons (Fsp3) is 0.800. The molecule has 0 unspecified atom stereocenters. The highest BCUT2D eigenvalue weighted by Gasteiger charge is 2.17. The van der Waals surface area contributed by atoms with E-state index in [0.717, 1.165) is 0 Å². The van der Waals surface area contributed by atoms with Crippen molar-refractivity contribution in [2.75, 3.05) is 20.6 Å². The number of hydrogen-bond donors (Lipinski definition) is 1. The van der Waals surface area contributed by atoms with Gasteiger partial charge in [-0.2, -0.15) is 0 Å². The third kappa shape index (κ3) is 4.38. The Morgan fingerprint density at radius 2 is 1.75 bits per heavy atom. The molecular weight excluding hydrogens is 150 g/mol. The van der Waals surface area contributed by atoms with Crippen molar-refractivity contribution in [3.8, 4) is 11.8 Å². The van der Waals surface area contributed by atoms with Crippen LogP contribution in [0.15, 0.2) is 0 Å². The number of hydrogen-bond acceptors (Lipinski definition) is 2. The summed E-state index contributed by atoms with van der Waals surface area (Å²) in [7, 11) is 3.93. The Balaban J connectivity index is 4.06. The molecule has 0 aromatic carbocycles. The summed E-state index contributed by atoms with van der Waals surface area (Å²) in [6, 6.07) is 0.